The lowest BCUT2D eigenvalue weighted by Gasteiger charge is -2.25. The number of nitro groups is 2. The summed E-state index contributed by atoms with van der Waals surface area (Å²) in [5, 5.41) is 20.2. The third kappa shape index (κ3) is 7.96. The summed E-state index contributed by atoms with van der Waals surface area (Å²) in [5.74, 6) is -0.782. The van der Waals surface area contributed by atoms with Crippen molar-refractivity contribution in [1.82, 2.24) is 0 Å². The number of aryl methyl sites for hydroxylation is 1. The molecular formula is C31H17Cl6N3O10S2. The molecule has 0 aliphatic heterocycles. The highest BCUT2D eigenvalue weighted by Gasteiger charge is 2.39. The number of ether oxygens (including phenoxy) is 2. The van der Waals surface area contributed by atoms with Gasteiger partial charge in [-0.2, -0.15) is 3.71 Å². The molecular weight excluding hydrogens is 851 g/mol. The molecule has 52 heavy (non-hydrogen) atoms. The van der Waals surface area contributed by atoms with Crippen molar-refractivity contribution in [1.29, 1.82) is 0 Å². The quantitative estimate of drug-likeness (QED) is 0.0917. The number of nitrogens with zero attached hydrogens (tertiary/aromatic N) is 3. The van der Waals surface area contributed by atoms with Gasteiger partial charge < -0.3 is 9.47 Å². The predicted molar refractivity (Wildman–Crippen MR) is 197 cm³/mol. The van der Waals surface area contributed by atoms with Gasteiger partial charge in [-0.1, -0.05) is 87.3 Å². The number of non-ortho nitro benzene ring substituents is 2. The maximum atomic E-state index is 14.3. The summed E-state index contributed by atoms with van der Waals surface area (Å²) < 4.78 is 68.7. The maximum Gasteiger partial charge on any atom is 0.277 e. The lowest BCUT2D eigenvalue weighted by Crippen LogP contribution is -2.37. The second-order valence-electron chi connectivity index (χ2n) is 10.4. The molecule has 0 heterocycles. The first-order valence-electron chi connectivity index (χ1n) is 13.9. The highest BCUT2D eigenvalue weighted by Crippen LogP contribution is 2.45. The minimum absolute atomic E-state index is 0.104. The zero-order chi connectivity index (χ0) is 38.3. The van der Waals surface area contributed by atoms with Gasteiger partial charge in [-0.15, -0.1) is 0 Å². The Morgan fingerprint density at radius 1 is 0.538 bits per heavy atom. The predicted octanol–water partition coefficient (Wildman–Crippen LogP) is 10.9. The van der Waals surface area contributed by atoms with E-state index in [1.807, 2.05) is 0 Å². The molecule has 0 unspecified atom stereocenters. The Labute approximate surface area is 325 Å². The summed E-state index contributed by atoms with van der Waals surface area (Å²) in [7, 11) is -10.2. The molecule has 0 saturated heterocycles. The lowest BCUT2D eigenvalue weighted by molar-refractivity contribution is -0.385. The molecule has 0 fully saturated rings. The van der Waals surface area contributed by atoms with E-state index in [0.717, 1.165) is 48.5 Å². The molecule has 0 saturated carbocycles. The number of benzene rings is 5. The fraction of sp³-hybridized carbons (Fsp3) is 0.0323. The number of halogens is 6. The van der Waals surface area contributed by atoms with Crippen LogP contribution in [0, 0.1) is 27.2 Å². The van der Waals surface area contributed by atoms with Gasteiger partial charge in [0.25, 0.3) is 31.4 Å². The molecule has 5 aromatic rings. The van der Waals surface area contributed by atoms with E-state index in [9.17, 15) is 37.1 Å². The largest absolute Gasteiger partial charge is 0.453 e. The first-order chi connectivity index (χ1) is 24.3. The molecule has 0 radical (unpaired) electrons. The van der Waals surface area contributed by atoms with Crippen molar-refractivity contribution < 1.29 is 36.2 Å². The van der Waals surface area contributed by atoms with Crippen molar-refractivity contribution >= 4 is 107 Å². The zero-order valence-electron chi connectivity index (χ0n) is 25.6. The average molecular weight is 868 g/mol. The first kappa shape index (κ1) is 39.2. The molecule has 5 aromatic carbocycles. The molecule has 5 rings (SSSR count). The number of nitro benzene ring substituents is 2. The highest BCUT2D eigenvalue weighted by atomic mass is 35.5. The normalized spacial score (nSPS) is 11.6. The molecule has 270 valence electrons. The van der Waals surface area contributed by atoms with E-state index in [4.69, 9.17) is 79.1 Å². The molecule has 0 aliphatic carbocycles. The molecule has 0 N–H and O–H groups in total. The second-order valence-corrected chi connectivity index (χ2v) is 16.7. The van der Waals surface area contributed by atoms with Crippen LogP contribution >= 0.6 is 69.6 Å². The standard InChI is InChI=1S/C31H17Cl6N3O10S2/c1-16-2-4-17(5-3-16)40(51(45,46)20-12-24(34)30(25(35)13-20)49-28-8-6-18(38(41)42)10-22(28)32)52(47,48)21-14-26(36)31(27(37)15-21)50-29-9-7-19(39(43)44)11-23(29)33/h2-15H,1H3. The van der Waals surface area contributed by atoms with Gasteiger partial charge in [-0.05, 0) is 55.5 Å². The Bertz CT molecular complexity index is 2310. The number of hydrogen-bond acceptors (Lipinski definition) is 10. The van der Waals surface area contributed by atoms with E-state index in [0.29, 0.717) is 5.56 Å². The van der Waals surface area contributed by atoms with Crippen molar-refractivity contribution in [3.8, 4) is 23.0 Å². The summed E-state index contributed by atoms with van der Waals surface area (Å²) in [6.45, 7) is 1.70. The van der Waals surface area contributed by atoms with Crippen LogP contribution in [-0.2, 0) is 20.0 Å². The third-order valence-electron chi connectivity index (χ3n) is 6.90. The topological polar surface area (TPSA) is 176 Å². The number of rotatable bonds is 11. The molecule has 0 amide bonds. The van der Waals surface area contributed by atoms with E-state index in [1.54, 1.807) is 6.92 Å². The van der Waals surface area contributed by atoms with E-state index in [1.165, 1.54) is 36.4 Å². The summed E-state index contributed by atoms with van der Waals surface area (Å²) in [6, 6.07) is 15.6. The SMILES string of the molecule is Cc1ccc(N(S(=O)(=O)c2cc(Cl)c(Oc3ccc([N+](=O)[O-])cc3Cl)c(Cl)c2)S(=O)(=O)c2cc(Cl)c(Oc3ccc([N+](=O)[O-])cc3Cl)c(Cl)c2)cc1. The van der Waals surface area contributed by atoms with E-state index in [-0.39, 0.29) is 73.9 Å². The zero-order valence-corrected chi connectivity index (χ0v) is 31.8. The van der Waals surface area contributed by atoms with Gasteiger partial charge in [-0.3, -0.25) is 20.2 Å². The Balaban J connectivity index is 1.57. The maximum absolute atomic E-state index is 14.3. The van der Waals surface area contributed by atoms with E-state index < -0.39 is 39.7 Å². The number of sulfonamides is 2. The lowest BCUT2D eigenvalue weighted by atomic mass is 10.2. The monoisotopic (exact) mass is 865 g/mol. The highest BCUT2D eigenvalue weighted by molar-refractivity contribution is 8.10. The van der Waals surface area contributed by atoms with Crippen LogP contribution in [0.25, 0.3) is 0 Å². The molecule has 0 spiro atoms. The van der Waals surface area contributed by atoms with Crippen molar-refractivity contribution in [2.45, 2.75) is 16.7 Å². The molecule has 0 atom stereocenters. The van der Waals surface area contributed by atoms with Crippen molar-refractivity contribution in [3.05, 3.63) is 141 Å². The summed E-state index contributed by atoms with van der Waals surface area (Å²) >= 11 is 37.8. The van der Waals surface area contributed by atoms with Crippen LogP contribution in [0.5, 0.6) is 23.0 Å². The van der Waals surface area contributed by atoms with Crippen LogP contribution in [0.3, 0.4) is 0 Å². The number of anilines is 1. The van der Waals surface area contributed by atoms with Crippen LogP contribution < -0.4 is 13.2 Å². The first-order valence-corrected chi connectivity index (χ1v) is 19.0. The third-order valence-corrected chi connectivity index (χ3v) is 12.7. The summed E-state index contributed by atoms with van der Waals surface area (Å²) in [5.41, 5.74) is -0.298. The fourth-order valence-corrected chi connectivity index (χ4v) is 10.0. The summed E-state index contributed by atoms with van der Waals surface area (Å²) in [6.07, 6.45) is 0. The molecule has 13 nitrogen and oxygen atoms in total. The van der Waals surface area contributed by atoms with Crippen LogP contribution in [0.1, 0.15) is 5.56 Å². The minimum atomic E-state index is -5.10. The van der Waals surface area contributed by atoms with Crippen molar-refractivity contribution in [3.63, 3.8) is 0 Å². The average Bonchev–Trinajstić information content (AvgIpc) is 3.06. The van der Waals surface area contributed by atoms with Crippen LogP contribution in [-0.4, -0.2) is 26.7 Å². The molecule has 0 aromatic heterocycles. The Hall–Kier alpha value is -4.06. The van der Waals surface area contributed by atoms with Gasteiger partial charge >= 0.3 is 0 Å². The fourth-order valence-electron chi connectivity index (χ4n) is 4.42. The van der Waals surface area contributed by atoms with E-state index in [2.05, 4.69) is 0 Å². The van der Waals surface area contributed by atoms with Crippen molar-refractivity contribution in [2.75, 3.05) is 3.71 Å². The van der Waals surface area contributed by atoms with Gasteiger partial charge in [0, 0.05) is 24.3 Å². The van der Waals surface area contributed by atoms with Crippen LogP contribution in [0.15, 0.2) is 94.7 Å². The van der Waals surface area contributed by atoms with Gasteiger partial charge in [0.2, 0.25) is 0 Å². The molecule has 21 heteroatoms. The van der Waals surface area contributed by atoms with Gasteiger partial charge in [0.05, 0.1) is 55.5 Å². The van der Waals surface area contributed by atoms with Crippen molar-refractivity contribution in [2.24, 2.45) is 0 Å². The van der Waals surface area contributed by atoms with Crippen LogP contribution in [0.4, 0.5) is 17.1 Å². The molecule has 0 bridgehead atoms. The summed E-state index contributed by atoms with van der Waals surface area (Å²) in [4.78, 5) is 19.4. The molecule has 0 aliphatic rings. The Morgan fingerprint density at radius 3 is 1.19 bits per heavy atom. The minimum Gasteiger partial charge on any atom is -0.453 e. The van der Waals surface area contributed by atoms with E-state index >= 15 is 0 Å². The van der Waals surface area contributed by atoms with Crippen LogP contribution in [0.2, 0.25) is 30.1 Å². The second kappa shape index (κ2) is 15.1. The Kier molecular flexibility index (Phi) is 11.4. The smallest absolute Gasteiger partial charge is 0.277 e. The number of hydrogen-bond donors (Lipinski definition) is 0. The van der Waals surface area contributed by atoms with Gasteiger partial charge in [0.1, 0.15) is 11.5 Å². The van der Waals surface area contributed by atoms with Gasteiger partial charge in [-0.25, -0.2) is 16.8 Å². The van der Waals surface area contributed by atoms with Gasteiger partial charge in [0.15, 0.2) is 11.5 Å². The Morgan fingerprint density at radius 2 is 0.885 bits per heavy atom.